The van der Waals surface area contributed by atoms with E-state index in [1.165, 1.54) is 4.90 Å². The standard InChI is InChI=1S/C16H20ClNO3/c1-16(2,3)21-15(20)18-9-8-11-6-4-5-7-12(11)14(18)13(19)10-17/h4-7,14H,8-10H2,1-3H3. The minimum absolute atomic E-state index is 0.127. The maximum absolute atomic E-state index is 12.4. The number of hydrogen-bond donors (Lipinski definition) is 0. The van der Waals surface area contributed by atoms with E-state index in [-0.39, 0.29) is 11.7 Å². The molecule has 0 saturated carbocycles. The number of ether oxygens (including phenoxy) is 1. The fraction of sp³-hybridized carbons (Fsp3) is 0.500. The molecule has 1 aliphatic heterocycles. The lowest BCUT2D eigenvalue weighted by Crippen LogP contribution is -2.46. The highest BCUT2D eigenvalue weighted by Crippen LogP contribution is 2.32. The van der Waals surface area contributed by atoms with Gasteiger partial charge in [-0.3, -0.25) is 9.69 Å². The van der Waals surface area contributed by atoms with Gasteiger partial charge in [0.05, 0.1) is 5.88 Å². The molecule has 2 rings (SSSR count). The molecule has 1 aromatic carbocycles. The van der Waals surface area contributed by atoms with Crippen molar-refractivity contribution in [1.29, 1.82) is 0 Å². The van der Waals surface area contributed by atoms with Crippen LogP contribution in [0.4, 0.5) is 4.79 Å². The van der Waals surface area contributed by atoms with E-state index in [0.717, 1.165) is 11.1 Å². The summed E-state index contributed by atoms with van der Waals surface area (Å²) in [5, 5.41) is 0. The van der Waals surface area contributed by atoms with Crippen LogP contribution in [0.15, 0.2) is 24.3 Å². The monoisotopic (exact) mass is 309 g/mol. The van der Waals surface area contributed by atoms with Crippen LogP contribution in [0.25, 0.3) is 0 Å². The molecule has 4 nitrogen and oxygen atoms in total. The molecule has 1 aromatic rings. The predicted octanol–water partition coefficient (Wildman–Crippen LogP) is 3.33. The second-order valence-corrected chi connectivity index (χ2v) is 6.39. The smallest absolute Gasteiger partial charge is 0.411 e. The average molecular weight is 310 g/mol. The van der Waals surface area contributed by atoms with Gasteiger partial charge in [0.2, 0.25) is 0 Å². The number of ketones is 1. The van der Waals surface area contributed by atoms with Crippen molar-refractivity contribution in [2.75, 3.05) is 12.4 Å². The van der Waals surface area contributed by atoms with E-state index in [2.05, 4.69) is 0 Å². The zero-order valence-electron chi connectivity index (χ0n) is 12.6. The topological polar surface area (TPSA) is 46.6 Å². The zero-order valence-corrected chi connectivity index (χ0v) is 13.3. The molecule has 0 bridgehead atoms. The van der Waals surface area contributed by atoms with Crippen LogP contribution in [0, 0.1) is 0 Å². The van der Waals surface area contributed by atoms with Gasteiger partial charge in [0, 0.05) is 6.54 Å². The Morgan fingerprint density at radius 2 is 2.00 bits per heavy atom. The first-order chi connectivity index (χ1) is 9.83. The first-order valence-electron chi connectivity index (χ1n) is 6.99. The summed E-state index contributed by atoms with van der Waals surface area (Å²) < 4.78 is 5.41. The van der Waals surface area contributed by atoms with E-state index >= 15 is 0 Å². The minimum atomic E-state index is -0.651. The van der Waals surface area contributed by atoms with Crippen LogP contribution in [0.2, 0.25) is 0 Å². The lowest BCUT2D eigenvalue weighted by Gasteiger charge is -2.37. The van der Waals surface area contributed by atoms with Crippen molar-refractivity contribution in [2.45, 2.75) is 38.8 Å². The number of rotatable bonds is 2. The van der Waals surface area contributed by atoms with Gasteiger partial charge < -0.3 is 4.74 Å². The van der Waals surface area contributed by atoms with Crippen LogP contribution in [0.3, 0.4) is 0 Å². The van der Waals surface area contributed by atoms with Crippen LogP contribution in [0.5, 0.6) is 0 Å². The fourth-order valence-corrected chi connectivity index (χ4v) is 2.65. The van der Waals surface area contributed by atoms with Crippen molar-refractivity contribution in [2.24, 2.45) is 0 Å². The number of fused-ring (bicyclic) bond motifs is 1. The molecule has 0 aromatic heterocycles. The lowest BCUT2D eigenvalue weighted by molar-refractivity contribution is -0.122. The van der Waals surface area contributed by atoms with Crippen LogP contribution >= 0.6 is 11.6 Å². The number of halogens is 1. The molecule has 5 heteroatoms. The summed E-state index contributed by atoms with van der Waals surface area (Å²) in [7, 11) is 0. The van der Waals surface area contributed by atoms with Gasteiger partial charge in [0.15, 0.2) is 5.78 Å². The number of nitrogens with zero attached hydrogens (tertiary/aromatic N) is 1. The average Bonchev–Trinajstić information content (AvgIpc) is 2.43. The molecule has 1 heterocycles. The Bertz CT molecular complexity index is 551. The molecule has 1 unspecified atom stereocenters. The van der Waals surface area contributed by atoms with Gasteiger partial charge in [0.25, 0.3) is 0 Å². The highest BCUT2D eigenvalue weighted by atomic mass is 35.5. The maximum atomic E-state index is 12.4. The highest BCUT2D eigenvalue weighted by molar-refractivity contribution is 6.28. The van der Waals surface area contributed by atoms with Gasteiger partial charge in [0.1, 0.15) is 11.6 Å². The number of benzene rings is 1. The van der Waals surface area contributed by atoms with Crippen LogP contribution in [-0.4, -0.2) is 34.8 Å². The van der Waals surface area contributed by atoms with Crippen LogP contribution in [0.1, 0.15) is 37.9 Å². The quantitative estimate of drug-likeness (QED) is 0.787. The van der Waals surface area contributed by atoms with Gasteiger partial charge in [-0.1, -0.05) is 24.3 Å². The third-order valence-electron chi connectivity index (χ3n) is 3.35. The Morgan fingerprint density at radius 3 is 2.62 bits per heavy atom. The summed E-state index contributed by atoms with van der Waals surface area (Å²) in [4.78, 5) is 26.1. The van der Waals surface area contributed by atoms with Gasteiger partial charge in [-0.25, -0.2) is 4.79 Å². The molecule has 114 valence electrons. The van der Waals surface area contributed by atoms with E-state index in [0.29, 0.717) is 13.0 Å². The Balaban J connectivity index is 2.34. The zero-order chi connectivity index (χ0) is 15.6. The fourth-order valence-electron chi connectivity index (χ4n) is 2.50. The van der Waals surface area contributed by atoms with E-state index in [1.54, 1.807) is 20.8 Å². The summed E-state index contributed by atoms with van der Waals surface area (Å²) in [5.41, 5.74) is 1.34. The number of Topliss-reactive ketones (excluding diaryl/α,β-unsaturated/α-hetero) is 1. The van der Waals surface area contributed by atoms with Crippen LogP contribution in [-0.2, 0) is 16.0 Å². The molecule has 0 N–H and O–H groups in total. The Kier molecular flexibility index (Phi) is 4.57. The van der Waals surface area contributed by atoms with E-state index < -0.39 is 17.7 Å². The summed E-state index contributed by atoms with van der Waals surface area (Å²) in [6.45, 7) is 5.88. The number of amides is 1. The minimum Gasteiger partial charge on any atom is -0.444 e. The van der Waals surface area contributed by atoms with Crippen molar-refractivity contribution in [3.63, 3.8) is 0 Å². The molecule has 0 aliphatic carbocycles. The molecule has 0 radical (unpaired) electrons. The molecule has 1 atom stereocenters. The van der Waals surface area contributed by atoms with Gasteiger partial charge in [-0.05, 0) is 38.3 Å². The summed E-state index contributed by atoms with van der Waals surface area (Å²) >= 11 is 5.73. The van der Waals surface area contributed by atoms with Gasteiger partial charge in [-0.2, -0.15) is 0 Å². The van der Waals surface area contributed by atoms with E-state index in [1.807, 2.05) is 24.3 Å². The normalized spacial score (nSPS) is 18.1. The summed E-state index contributed by atoms with van der Waals surface area (Å²) in [5.74, 6) is -0.312. The Hall–Kier alpha value is -1.55. The van der Waals surface area contributed by atoms with Crippen molar-refractivity contribution in [1.82, 2.24) is 4.90 Å². The van der Waals surface area contributed by atoms with E-state index in [4.69, 9.17) is 16.3 Å². The van der Waals surface area contributed by atoms with Crippen molar-refractivity contribution < 1.29 is 14.3 Å². The molecule has 0 spiro atoms. The van der Waals surface area contributed by atoms with Gasteiger partial charge in [-0.15, -0.1) is 11.6 Å². The molecular formula is C16H20ClNO3. The number of carbonyl (C=O) groups is 2. The van der Waals surface area contributed by atoms with Crippen molar-refractivity contribution in [3.05, 3.63) is 35.4 Å². The number of hydrogen-bond acceptors (Lipinski definition) is 3. The maximum Gasteiger partial charge on any atom is 0.411 e. The number of alkyl halides is 1. The first-order valence-corrected chi connectivity index (χ1v) is 7.53. The molecule has 21 heavy (non-hydrogen) atoms. The SMILES string of the molecule is CC(C)(C)OC(=O)N1CCc2ccccc2C1C(=O)CCl. The third-order valence-corrected chi connectivity index (χ3v) is 3.61. The summed E-state index contributed by atoms with van der Waals surface area (Å²) in [6.07, 6.45) is 0.238. The Morgan fingerprint density at radius 1 is 1.33 bits per heavy atom. The number of carbonyl (C=O) groups excluding carboxylic acids is 2. The van der Waals surface area contributed by atoms with E-state index in [9.17, 15) is 9.59 Å². The predicted molar refractivity (Wildman–Crippen MR) is 81.6 cm³/mol. The highest BCUT2D eigenvalue weighted by Gasteiger charge is 2.37. The second-order valence-electron chi connectivity index (χ2n) is 6.13. The lowest BCUT2D eigenvalue weighted by atomic mass is 9.91. The second kappa shape index (κ2) is 6.06. The van der Waals surface area contributed by atoms with Gasteiger partial charge >= 0.3 is 6.09 Å². The van der Waals surface area contributed by atoms with Crippen molar-refractivity contribution >= 4 is 23.5 Å². The third kappa shape index (κ3) is 3.56. The molecular weight excluding hydrogens is 290 g/mol. The van der Waals surface area contributed by atoms with Crippen LogP contribution < -0.4 is 0 Å². The molecule has 0 saturated heterocycles. The summed E-state index contributed by atoms with van der Waals surface area (Å²) in [6, 6.07) is 7.01. The molecule has 1 amide bonds. The van der Waals surface area contributed by atoms with Crippen molar-refractivity contribution in [3.8, 4) is 0 Å². The first kappa shape index (κ1) is 15.8. The Labute approximate surface area is 130 Å². The largest absolute Gasteiger partial charge is 0.444 e. The molecule has 0 fully saturated rings. The molecule has 1 aliphatic rings.